The van der Waals surface area contributed by atoms with Gasteiger partial charge in [-0.15, -0.1) is 0 Å². The number of nitrogens with zero attached hydrogens (tertiary/aromatic N) is 3. The maximum atomic E-state index is 12.8. The molecule has 32 heavy (non-hydrogen) atoms. The first-order valence-corrected chi connectivity index (χ1v) is 10.5. The molecular weight excluding hydrogens is 432 g/mol. The minimum Gasteiger partial charge on any atom is -0.493 e. The number of carbonyl (C=O) groups is 1. The van der Waals surface area contributed by atoms with Crippen molar-refractivity contribution in [2.45, 2.75) is 26.5 Å². The van der Waals surface area contributed by atoms with Crippen LogP contribution in [0.25, 0.3) is 0 Å². The number of esters is 1. The van der Waals surface area contributed by atoms with Crippen LogP contribution in [0, 0.1) is 0 Å². The highest BCUT2D eigenvalue weighted by atomic mass is 35.5. The number of halogens is 1. The highest BCUT2D eigenvalue weighted by Crippen LogP contribution is 2.39. The van der Waals surface area contributed by atoms with Crippen LogP contribution in [0.2, 0.25) is 5.02 Å². The number of carbonyl (C=O) groups excluding carboxylic acids is 1. The molecular formula is C23H23ClN4O4. The summed E-state index contributed by atoms with van der Waals surface area (Å²) in [4.78, 5) is 17.0. The second-order valence-electron chi connectivity index (χ2n) is 7.11. The highest BCUT2D eigenvalue weighted by molar-refractivity contribution is 6.31. The van der Waals surface area contributed by atoms with Crippen LogP contribution in [-0.4, -0.2) is 34.5 Å². The smallest absolute Gasteiger partial charge is 0.338 e. The fourth-order valence-corrected chi connectivity index (χ4v) is 3.81. The molecule has 1 aliphatic heterocycles. The predicted molar refractivity (Wildman–Crippen MR) is 120 cm³/mol. The first-order valence-electron chi connectivity index (χ1n) is 10.1. The Hall–Kier alpha value is -3.52. The predicted octanol–water partition coefficient (Wildman–Crippen LogP) is 4.37. The Morgan fingerprint density at radius 1 is 1.22 bits per heavy atom. The van der Waals surface area contributed by atoms with Crippen molar-refractivity contribution in [3.63, 3.8) is 0 Å². The number of hydrogen-bond acceptors (Lipinski definition) is 7. The van der Waals surface area contributed by atoms with E-state index < -0.39 is 12.0 Å². The molecule has 0 spiro atoms. The second kappa shape index (κ2) is 9.32. The summed E-state index contributed by atoms with van der Waals surface area (Å²) in [5.74, 6) is 1.21. The SMILES string of the molecule is CCOC(=O)C1=C(C)Nc2ncnn2C1c1ccc(OCc2ccccc2Cl)c(OC)c1. The number of nitrogens with one attached hydrogen (secondary N) is 1. The van der Waals surface area contributed by atoms with Crippen molar-refractivity contribution >= 4 is 23.5 Å². The lowest BCUT2D eigenvalue weighted by Gasteiger charge is -2.28. The van der Waals surface area contributed by atoms with Crippen LogP contribution in [0.5, 0.6) is 11.5 Å². The van der Waals surface area contributed by atoms with Gasteiger partial charge in [0.15, 0.2) is 11.5 Å². The van der Waals surface area contributed by atoms with Gasteiger partial charge >= 0.3 is 5.97 Å². The molecule has 4 rings (SSSR count). The third kappa shape index (κ3) is 4.13. The fraction of sp³-hybridized carbons (Fsp3) is 0.261. The Morgan fingerprint density at radius 3 is 2.78 bits per heavy atom. The molecule has 0 fully saturated rings. The van der Waals surface area contributed by atoms with E-state index in [9.17, 15) is 4.79 Å². The number of rotatable bonds is 7. The zero-order valence-corrected chi connectivity index (χ0v) is 18.7. The van der Waals surface area contributed by atoms with Crippen molar-refractivity contribution in [2.75, 3.05) is 19.0 Å². The van der Waals surface area contributed by atoms with Gasteiger partial charge < -0.3 is 19.5 Å². The van der Waals surface area contributed by atoms with Gasteiger partial charge in [0.05, 0.1) is 19.3 Å². The maximum Gasteiger partial charge on any atom is 0.338 e. The quantitative estimate of drug-likeness (QED) is 0.530. The van der Waals surface area contributed by atoms with E-state index in [0.29, 0.717) is 40.3 Å². The largest absolute Gasteiger partial charge is 0.493 e. The van der Waals surface area contributed by atoms with Crippen LogP contribution in [0.3, 0.4) is 0 Å². The minimum absolute atomic E-state index is 0.269. The van der Waals surface area contributed by atoms with Crippen LogP contribution < -0.4 is 14.8 Å². The second-order valence-corrected chi connectivity index (χ2v) is 7.51. The average Bonchev–Trinajstić information content (AvgIpc) is 3.25. The molecule has 0 saturated heterocycles. The maximum absolute atomic E-state index is 12.8. The molecule has 9 heteroatoms. The van der Waals surface area contributed by atoms with E-state index in [0.717, 1.165) is 11.1 Å². The monoisotopic (exact) mass is 454 g/mol. The van der Waals surface area contributed by atoms with Gasteiger partial charge in [-0.25, -0.2) is 9.48 Å². The summed E-state index contributed by atoms with van der Waals surface area (Å²) in [5.41, 5.74) is 2.76. The molecule has 1 unspecified atom stereocenters. The van der Waals surface area contributed by atoms with E-state index in [1.165, 1.54) is 6.33 Å². The summed E-state index contributed by atoms with van der Waals surface area (Å²) < 4.78 is 18.5. The first kappa shape index (κ1) is 21.7. The number of fused-ring (bicyclic) bond motifs is 1. The Kier molecular flexibility index (Phi) is 6.32. The van der Waals surface area contributed by atoms with Gasteiger partial charge in [0.25, 0.3) is 0 Å². The van der Waals surface area contributed by atoms with Crippen molar-refractivity contribution in [3.8, 4) is 11.5 Å². The molecule has 1 aromatic heterocycles. The van der Waals surface area contributed by atoms with Crippen molar-refractivity contribution in [1.29, 1.82) is 0 Å². The van der Waals surface area contributed by atoms with E-state index in [4.69, 9.17) is 25.8 Å². The van der Waals surface area contributed by atoms with Gasteiger partial charge in [0, 0.05) is 16.3 Å². The molecule has 2 heterocycles. The summed E-state index contributed by atoms with van der Waals surface area (Å²) in [5, 5.41) is 8.07. The first-order chi connectivity index (χ1) is 15.5. The Bertz CT molecular complexity index is 1170. The third-order valence-electron chi connectivity index (χ3n) is 5.13. The Labute approximate surface area is 190 Å². The van der Waals surface area contributed by atoms with E-state index >= 15 is 0 Å². The van der Waals surface area contributed by atoms with Crippen LogP contribution in [0.4, 0.5) is 5.95 Å². The molecule has 0 aliphatic carbocycles. The van der Waals surface area contributed by atoms with Crippen molar-refractivity contribution in [1.82, 2.24) is 14.8 Å². The molecule has 1 aliphatic rings. The number of methoxy groups -OCH3 is 1. The molecule has 3 aromatic rings. The zero-order chi connectivity index (χ0) is 22.7. The van der Waals surface area contributed by atoms with Gasteiger partial charge in [0.2, 0.25) is 5.95 Å². The summed E-state index contributed by atoms with van der Waals surface area (Å²) in [6.07, 6.45) is 1.44. The summed E-state index contributed by atoms with van der Waals surface area (Å²) in [6.45, 7) is 4.15. The lowest BCUT2D eigenvalue weighted by molar-refractivity contribution is -0.139. The Balaban J connectivity index is 1.69. The van der Waals surface area contributed by atoms with E-state index in [2.05, 4.69) is 15.4 Å². The lowest BCUT2D eigenvalue weighted by atomic mass is 9.95. The zero-order valence-electron chi connectivity index (χ0n) is 18.0. The lowest BCUT2D eigenvalue weighted by Crippen LogP contribution is -2.29. The summed E-state index contributed by atoms with van der Waals surface area (Å²) in [7, 11) is 1.57. The normalized spacial score (nSPS) is 15.1. The minimum atomic E-state index is -0.528. The van der Waals surface area contributed by atoms with Gasteiger partial charge in [0.1, 0.15) is 19.0 Å². The Morgan fingerprint density at radius 2 is 2.03 bits per heavy atom. The molecule has 8 nitrogen and oxygen atoms in total. The molecule has 0 bridgehead atoms. The number of allylic oxidation sites excluding steroid dienone is 1. The molecule has 166 valence electrons. The number of hydrogen-bond donors (Lipinski definition) is 1. The molecule has 0 saturated carbocycles. The average molecular weight is 455 g/mol. The van der Waals surface area contributed by atoms with Gasteiger partial charge in [-0.3, -0.25) is 0 Å². The van der Waals surface area contributed by atoms with Crippen LogP contribution >= 0.6 is 11.6 Å². The summed E-state index contributed by atoms with van der Waals surface area (Å²) >= 11 is 6.23. The van der Waals surface area contributed by atoms with Crippen LogP contribution in [-0.2, 0) is 16.1 Å². The van der Waals surface area contributed by atoms with Gasteiger partial charge in [-0.05, 0) is 37.6 Å². The van der Waals surface area contributed by atoms with Crippen molar-refractivity contribution in [3.05, 3.63) is 76.2 Å². The van der Waals surface area contributed by atoms with Crippen LogP contribution in [0.1, 0.15) is 31.0 Å². The van der Waals surface area contributed by atoms with Gasteiger partial charge in [-0.1, -0.05) is 35.9 Å². The number of benzene rings is 2. The van der Waals surface area contributed by atoms with E-state index in [1.54, 1.807) is 18.7 Å². The number of anilines is 1. The van der Waals surface area contributed by atoms with E-state index in [1.807, 2.05) is 49.4 Å². The highest BCUT2D eigenvalue weighted by Gasteiger charge is 2.34. The standard InChI is InChI=1S/C23H23ClN4O4/c1-4-31-22(29)20-14(2)27-23-25-13-26-28(23)21(20)15-9-10-18(19(11-15)30-3)32-12-16-7-5-6-8-17(16)24/h5-11,13,21H,4,12H2,1-3H3,(H,25,26,27). The van der Waals surface area contributed by atoms with Crippen molar-refractivity contribution < 1.29 is 19.0 Å². The number of ether oxygens (including phenoxy) is 3. The molecule has 1 N–H and O–H groups in total. The van der Waals surface area contributed by atoms with Crippen LogP contribution in [0.15, 0.2) is 60.1 Å². The fourth-order valence-electron chi connectivity index (χ4n) is 3.62. The van der Waals surface area contributed by atoms with Gasteiger partial charge in [-0.2, -0.15) is 10.1 Å². The molecule has 0 amide bonds. The number of aromatic nitrogens is 3. The van der Waals surface area contributed by atoms with Crippen molar-refractivity contribution in [2.24, 2.45) is 0 Å². The molecule has 0 radical (unpaired) electrons. The topological polar surface area (TPSA) is 87.5 Å². The van der Waals surface area contributed by atoms with E-state index in [-0.39, 0.29) is 6.61 Å². The molecule has 1 atom stereocenters. The molecule has 2 aromatic carbocycles. The third-order valence-corrected chi connectivity index (χ3v) is 5.50. The summed E-state index contributed by atoms with van der Waals surface area (Å²) in [6, 6.07) is 12.5.